The van der Waals surface area contributed by atoms with Gasteiger partial charge in [-0.2, -0.15) is 0 Å². The first-order chi connectivity index (χ1) is 15.5. The third-order valence-corrected chi connectivity index (χ3v) is 4.83. The lowest BCUT2D eigenvalue weighted by Crippen LogP contribution is -2.27. The van der Waals surface area contributed by atoms with E-state index in [2.05, 4.69) is 0 Å². The van der Waals surface area contributed by atoms with Crippen LogP contribution in [0.1, 0.15) is 54.1 Å². The Morgan fingerprint density at radius 1 is 0.970 bits per heavy atom. The van der Waals surface area contributed by atoms with E-state index in [1.807, 2.05) is 0 Å². The minimum absolute atomic E-state index is 0.0101. The number of Topliss-reactive ketones (excluding diaryl/α,β-unsaturated/α-hetero) is 1. The van der Waals surface area contributed by atoms with Gasteiger partial charge < -0.3 is 15.2 Å². The van der Waals surface area contributed by atoms with E-state index in [0.29, 0.717) is 16.8 Å². The van der Waals surface area contributed by atoms with Gasteiger partial charge in [-0.3, -0.25) is 19.0 Å². The Morgan fingerprint density at radius 2 is 1.64 bits per heavy atom. The molecular formula is C25H26N2O6. The summed E-state index contributed by atoms with van der Waals surface area (Å²) in [6.07, 6.45) is 0.271. The van der Waals surface area contributed by atoms with Gasteiger partial charge in [-0.05, 0) is 51.5 Å². The van der Waals surface area contributed by atoms with Crippen LogP contribution in [-0.4, -0.2) is 40.3 Å². The fourth-order valence-electron chi connectivity index (χ4n) is 3.63. The second-order valence-electron chi connectivity index (χ2n) is 8.40. The number of hydrogen-bond donors (Lipinski definition) is 1. The third-order valence-electron chi connectivity index (χ3n) is 4.83. The van der Waals surface area contributed by atoms with Crippen molar-refractivity contribution in [3.05, 3.63) is 65.4 Å². The molecule has 0 saturated heterocycles. The number of carbonyl (C=O) groups excluding carboxylic acids is 4. The number of esters is 1. The number of amides is 1. The van der Waals surface area contributed by atoms with E-state index in [1.165, 1.54) is 4.57 Å². The number of hydrogen-bond acceptors (Lipinski definition) is 6. The molecule has 0 fully saturated rings. The number of nitrogens with zero attached hydrogens (tertiary/aromatic N) is 1. The molecule has 0 aliphatic carbocycles. The van der Waals surface area contributed by atoms with Crippen molar-refractivity contribution in [2.24, 2.45) is 5.73 Å². The van der Waals surface area contributed by atoms with Crippen LogP contribution in [-0.2, 0) is 20.7 Å². The van der Waals surface area contributed by atoms with Crippen LogP contribution in [0.2, 0.25) is 0 Å². The molecule has 8 heteroatoms. The number of ketones is 1. The van der Waals surface area contributed by atoms with Crippen LogP contribution in [0.25, 0.3) is 10.9 Å². The van der Waals surface area contributed by atoms with Gasteiger partial charge in [0, 0.05) is 11.3 Å². The quantitative estimate of drug-likeness (QED) is 0.335. The highest BCUT2D eigenvalue weighted by Gasteiger charge is 2.30. The Morgan fingerprint density at radius 3 is 2.21 bits per heavy atom. The Hall–Kier alpha value is -3.94. The van der Waals surface area contributed by atoms with Crippen LogP contribution in [0, 0.1) is 0 Å². The maximum Gasteiger partial charge on any atom is 0.344 e. The average Bonchev–Trinajstić information content (AvgIpc) is 3.10. The van der Waals surface area contributed by atoms with Gasteiger partial charge in [0.2, 0.25) is 0 Å². The van der Waals surface area contributed by atoms with Crippen LogP contribution in [0.15, 0.2) is 48.5 Å². The summed E-state index contributed by atoms with van der Waals surface area (Å²) in [5.41, 5.74) is 5.72. The normalized spacial score (nSPS) is 11.3. The van der Waals surface area contributed by atoms with Gasteiger partial charge in [-0.25, -0.2) is 4.79 Å². The van der Waals surface area contributed by atoms with Gasteiger partial charge in [-0.1, -0.05) is 31.2 Å². The van der Waals surface area contributed by atoms with E-state index in [1.54, 1.807) is 76.2 Å². The number of rotatable bonds is 7. The van der Waals surface area contributed by atoms with Crippen LogP contribution in [0.4, 0.5) is 0 Å². The predicted octanol–water partition coefficient (Wildman–Crippen LogP) is 3.28. The Kier molecular flexibility index (Phi) is 6.67. The van der Waals surface area contributed by atoms with Crippen molar-refractivity contribution in [1.82, 2.24) is 4.57 Å². The van der Waals surface area contributed by atoms with Crippen LogP contribution in [0.5, 0.6) is 5.75 Å². The molecule has 1 heterocycles. The van der Waals surface area contributed by atoms with E-state index >= 15 is 0 Å². The lowest BCUT2D eigenvalue weighted by molar-refractivity contribution is -0.157. The highest BCUT2D eigenvalue weighted by atomic mass is 16.6. The van der Waals surface area contributed by atoms with Gasteiger partial charge in [-0.15, -0.1) is 0 Å². The first-order valence-electron chi connectivity index (χ1n) is 10.5. The van der Waals surface area contributed by atoms with Crippen molar-refractivity contribution < 1.29 is 28.7 Å². The number of benzene rings is 2. The summed E-state index contributed by atoms with van der Waals surface area (Å²) in [5.74, 6) is -2.90. The molecule has 8 nitrogen and oxygen atoms in total. The van der Waals surface area contributed by atoms with E-state index < -0.39 is 29.9 Å². The highest BCUT2D eigenvalue weighted by Crippen LogP contribution is 2.35. The lowest BCUT2D eigenvalue weighted by atomic mass is 10.0. The van der Waals surface area contributed by atoms with Gasteiger partial charge in [0.05, 0.1) is 16.5 Å². The van der Waals surface area contributed by atoms with Gasteiger partial charge >= 0.3 is 5.97 Å². The maximum absolute atomic E-state index is 13.4. The standard InChI is InChI=1S/C25H26N2O6/c1-5-16-21(22(29)23(26)30)20-17(27(16)24(31)15-10-7-6-8-11-15)12-9-13-18(20)32-14-19(28)33-25(2,3)4/h6-13H,5,14H2,1-4H3,(H2,26,30). The molecule has 3 rings (SSSR count). The van der Waals surface area contributed by atoms with Gasteiger partial charge in [0.15, 0.2) is 6.61 Å². The van der Waals surface area contributed by atoms with Crippen molar-refractivity contribution >= 4 is 34.5 Å². The largest absolute Gasteiger partial charge is 0.481 e. The zero-order valence-electron chi connectivity index (χ0n) is 19.0. The smallest absolute Gasteiger partial charge is 0.344 e. The van der Waals surface area contributed by atoms with Gasteiger partial charge in [0.25, 0.3) is 17.6 Å². The number of ether oxygens (including phenoxy) is 2. The van der Waals surface area contributed by atoms with E-state index in [0.717, 1.165) is 0 Å². The molecule has 0 bridgehead atoms. The fraction of sp³-hybridized carbons (Fsp3) is 0.280. The summed E-state index contributed by atoms with van der Waals surface area (Å²) in [6.45, 7) is 6.55. The molecule has 1 aromatic heterocycles. The van der Waals surface area contributed by atoms with Crippen molar-refractivity contribution in [2.75, 3.05) is 6.61 Å². The summed E-state index contributed by atoms with van der Waals surface area (Å²) < 4.78 is 12.4. The number of aromatic nitrogens is 1. The Balaban J connectivity index is 2.20. The molecule has 0 aliphatic heterocycles. The van der Waals surface area contributed by atoms with Crippen molar-refractivity contribution in [1.29, 1.82) is 0 Å². The van der Waals surface area contributed by atoms with Crippen LogP contribution < -0.4 is 10.5 Å². The molecule has 172 valence electrons. The molecule has 1 amide bonds. The second kappa shape index (κ2) is 9.28. The molecule has 0 saturated carbocycles. The topological polar surface area (TPSA) is 118 Å². The molecule has 33 heavy (non-hydrogen) atoms. The molecule has 0 aliphatic rings. The van der Waals surface area contributed by atoms with Crippen molar-refractivity contribution in [3.63, 3.8) is 0 Å². The van der Waals surface area contributed by atoms with Crippen LogP contribution >= 0.6 is 0 Å². The number of primary amides is 1. The van der Waals surface area contributed by atoms with Crippen molar-refractivity contribution in [3.8, 4) is 5.75 Å². The molecular weight excluding hydrogens is 424 g/mol. The first-order valence-corrected chi connectivity index (χ1v) is 10.5. The summed E-state index contributed by atoms with van der Waals surface area (Å²) in [5, 5.41) is 0.242. The molecule has 2 N–H and O–H groups in total. The SMILES string of the molecule is CCc1c(C(=O)C(N)=O)c2c(OCC(=O)OC(C)(C)C)cccc2n1C(=O)c1ccccc1. The average molecular weight is 450 g/mol. The second-order valence-corrected chi connectivity index (χ2v) is 8.40. The summed E-state index contributed by atoms with van der Waals surface area (Å²) in [6, 6.07) is 13.4. The van der Waals surface area contributed by atoms with E-state index in [-0.39, 0.29) is 29.0 Å². The minimum atomic E-state index is -1.15. The zero-order valence-corrected chi connectivity index (χ0v) is 19.0. The molecule has 0 atom stereocenters. The molecule has 3 aromatic rings. The molecule has 0 spiro atoms. The Labute approximate surface area is 191 Å². The number of nitrogens with two attached hydrogens (primary N) is 1. The zero-order chi connectivity index (χ0) is 24.3. The molecule has 2 aromatic carbocycles. The van der Waals surface area contributed by atoms with E-state index in [9.17, 15) is 19.2 Å². The third kappa shape index (κ3) is 4.95. The number of fused-ring (bicyclic) bond motifs is 1. The highest BCUT2D eigenvalue weighted by molar-refractivity contribution is 6.45. The minimum Gasteiger partial charge on any atom is -0.481 e. The summed E-state index contributed by atoms with van der Waals surface area (Å²) >= 11 is 0. The Bertz CT molecular complexity index is 1240. The molecule has 0 radical (unpaired) electrons. The lowest BCUT2D eigenvalue weighted by Gasteiger charge is -2.19. The van der Waals surface area contributed by atoms with Gasteiger partial charge in [0.1, 0.15) is 11.4 Å². The number of carbonyl (C=O) groups is 4. The van der Waals surface area contributed by atoms with Crippen molar-refractivity contribution in [2.45, 2.75) is 39.7 Å². The predicted molar refractivity (Wildman–Crippen MR) is 122 cm³/mol. The monoisotopic (exact) mass is 450 g/mol. The summed E-state index contributed by atoms with van der Waals surface area (Å²) in [7, 11) is 0. The summed E-state index contributed by atoms with van der Waals surface area (Å²) in [4.78, 5) is 50.3. The molecule has 0 unspecified atom stereocenters. The fourth-order valence-corrected chi connectivity index (χ4v) is 3.63. The van der Waals surface area contributed by atoms with Crippen LogP contribution in [0.3, 0.4) is 0 Å². The van der Waals surface area contributed by atoms with E-state index in [4.69, 9.17) is 15.2 Å². The first kappa shape index (κ1) is 23.7. The maximum atomic E-state index is 13.4.